The van der Waals surface area contributed by atoms with Crippen molar-refractivity contribution in [3.05, 3.63) is 27.0 Å². The molecule has 1 aromatic heterocycles. The molecule has 16 heavy (non-hydrogen) atoms. The fourth-order valence-corrected chi connectivity index (χ4v) is 1.72. The Bertz CT molecular complexity index is 563. The fourth-order valence-electron chi connectivity index (χ4n) is 1.15. The Morgan fingerprint density at radius 3 is 2.56 bits per heavy atom. The number of aromatic hydroxyl groups is 1. The molecule has 6 nitrogen and oxygen atoms in total. The Kier molecular flexibility index (Phi) is 3.61. The number of nitrogens with zero attached hydrogens (tertiary/aromatic N) is 1. The van der Waals surface area contributed by atoms with Crippen LogP contribution < -0.4 is 5.56 Å². The Morgan fingerprint density at radius 1 is 1.50 bits per heavy atom. The Hall–Kier alpha value is -1.05. The van der Waals surface area contributed by atoms with E-state index in [2.05, 4.69) is 0 Å². The third-order valence-electron chi connectivity index (χ3n) is 1.98. The molecule has 2 N–H and O–H groups in total. The first kappa shape index (κ1) is 13.0. The van der Waals surface area contributed by atoms with Crippen LogP contribution in [0.4, 0.5) is 0 Å². The van der Waals surface area contributed by atoms with Crippen molar-refractivity contribution in [3.63, 3.8) is 0 Å². The van der Waals surface area contributed by atoms with E-state index in [1.54, 1.807) is 0 Å². The van der Waals surface area contributed by atoms with Crippen molar-refractivity contribution < 1.29 is 18.1 Å². The second-order valence-electron chi connectivity index (χ2n) is 3.24. The third kappa shape index (κ3) is 2.97. The van der Waals surface area contributed by atoms with Gasteiger partial charge in [0.15, 0.2) is 0 Å². The van der Waals surface area contributed by atoms with E-state index in [0.717, 1.165) is 4.57 Å². The number of hydrogen-bond acceptors (Lipinski definition) is 4. The summed E-state index contributed by atoms with van der Waals surface area (Å²) in [4.78, 5) is 11.4. The van der Waals surface area contributed by atoms with E-state index in [9.17, 15) is 18.3 Å². The number of aromatic nitrogens is 1. The molecule has 0 saturated heterocycles. The lowest BCUT2D eigenvalue weighted by Gasteiger charge is -2.09. The van der Waals surface area contributed by atoms with E-state index in [1.165, 1.54) is 13.0 Å². The molecule has 0 fully saturated rings. The molecule has 0 unspecified atom stereocenters. The van der Waals surface area contributed by atoms with Crippen molar-refractivity contribution in [1.82, 2.24) is 4.57 Å². The van der Waals surface area contributed by atoms with Crippen LogP contribution in [0.5, 0.6) is 5.88 Å². The number of pyridine rings is 1. The molecule has 0 aliphatic carbocycles. The van der Waals surface area contributed by atoms with Crippen LogP contribution in [0.2, 0.25) is 5.02 Å². The highest BCUT2D eigenvalue weighted by Crippen LogP contribution is 2.24. The van der Waals surface area contributed by atoms with Crippen molar-refractivity contribution >= 4 is 21.7 Å². The predicted octanol–water partition coefficient (Wildman–Crippen LogP) is 0.404. The van der Waals surface area contributed by atoms with Gasteiger partial charge in [-0.2, -0.15) is 8.42 Å². The van der Waals surface area contributed by atoms with Crippen LogP contribution >= 0.6 is 11.6 Å². The van der Waals surface area contributed by atoms with Gasteiger partial charge in [0.25, 0.3) is 15.7 Å². The number of aryl methyl sites for hydroxylation is 1. The first-order valence-corrected chi connectivity index (χ1v) is 6.25. The molecule has 0 radical (unpaired) electrons. The highest BCUT2D eigenvalue weighted by atomic mass is 35.5. The third-order valence-corrected chi connectivity index (χ3v) is 3.14. The molecule has 0 atom stereocenters. The van der Waals surface area contributed by atoms with E-state index >= 15 is 0 Å². The van der Waals surface area contributed by atoms with Gasteiger partial charge in [-0.05, 0) is 12.5 Å². The maximum Gasteiger partial charge on any atom is 0.266 e. The molecular weight excluding hydrogens is 258 g/mol. The molecule has 1 aromatic rings. The standard InChI is InChI=1S/C8H10ClNO5S/c1-5-4-6(11)10(8(12)7(5)9)2-3-16(13,14)15/h4,12H,2-3H2,1H3,(H,13,14,15). The van der Waals surface area contributed by atoms with Crippen molar-refractivity contribution in [2.24, 2.45) is 0 Å². The summed E-state index contributed by atoms with van der Waals surface area (Å²) in [5.41, 5.74) is -0.185. The van der Waals surface area contributed by atoms with Crippen LogP contribution in [0.25, 0.3) is 0 Å². The van der Waals surface area contributed by atoms with E-state index in [-0.39, 0.29) is 11.6 Å². The quantitative estimate of drug-likeness (QED) is 0.773. The Balaban J connectivity index is 3.16. The zero-order valence-corrected chi connectivity index (χ0v) is 9.92. The maximum absolute atomic E-state index is 11.4. The summed E-state index contributed by atoms with van der Waals surface area (Å²) in [6.07, 6.45) is 0. The van der Waals surface area contributed by atoms with Gasteiger partial charge in [0.1, 0.15) is 5.02 Å². The highest BCUT2D eigenvalue weighted by Gasteiger charge is 2.13. The van der Waals surface area contributed by atoms with Gasteiger partial charge in [-0.3, -0.25) is 13.9 Å². The van der Waals surface area contributed by atoms with Crippen molar-refractivity contribution in [2.75, 3.05) is 5.75 Å². The summed E-state index contributed by atoms with van der Waals surface area (Å²) in [5, 5.41) is 9.49. The normalized spacial score (nSPS) is 11.7. The van der Waals surface area contributed by atoms with Gasteiger partial charge >= 0.3 is 0 Å². The first-order chi connectivity index (χ1) is 7.22. The average molecular weight is 268 g/mol. The summed E-state index contributed by atoms with van der Waals surface area (Å²) in [5.74, 6) is -1.17. The molecule has 1 rings (SSSR count). The minimum Gasteiger partial charge on any atom is -0.493 e. The van der Waals surface area contributed by atoms with Crippen LogP contribution in [0.3, 0.4) is 0 Å². The summed E-state index contributed by atoms with van der Waals surface area (Å²) in [6.45, 7) is 1.18. The van der Waals surface area contributed by atoms with Crippen LogP contribution in [0.1, 0.15) is 5.56 Å². The summed E-state index contributed by atoms with van der Waals surface area (Å²) in [7, 11) is -4.19. The summed E-state index contributed by atoms with van der Waals surface area (Å²) < 4.78 is 30.3. The minimum atomic E-state index is -4.19. The van der Waals surface area contributed by atoms with Crippen LogP contribution in [0, 0.1) is 6.92 Å². The SMILES string of the molecule is Cc1cc(=O)n(CCS(=O)(=O)O)c(O)c1Cl. The molecule has 8 heteroatoms. The molecule has 1 heterocycles. The van der Waals surface area contributed by atoms with Crippen LogP contribution in [-0.4, -0.2) is 28.4 Å². The molecular formula is C8H10ClNO5S. The lowest BCUT2D eigenvalue weighted by Crippen LogP contribution is -2.24. The van der Waals surface area contributed by atoms with E-state index in [4.69, 9.17) is 16.2 Å². The molecule has 0 spiro atoms. The van der Waals surface area contributed by atoms with Gasteiger partial charge in [-0.25, -0.2) is 0 Å². The second-order valence-corrected chi connectivity index (χ2v) is 5.19. The molecule has 0 aliphatic heterocycles. The van der Waals surface area contributed by atoms with E-state index < -0.39 is 27.3 Å². The summed E-state index contributed by atoms with van der Waals surface area (Å²) >= 11 is 5.68. The van der Waals surface area contributed by atoms with Gasteiger partial charge in [-0.15, -0.1) is 0 Å². The fraction of sp³-hybridized carbons (Fsp3) is 0.375. The zero-order chi connectivity index (χ0) is 12.5. The number of rotatable bonds is 3. The minimum absolute atomic E-state index is 0.0186. The number of hydrogen-bond donors (Lipinski definition) is 2. The van der Waals surface area contributed by atoms with Crippen LogP contribution in [0.15, 0.2) is 10.9 Å². The van der Waals surface area contributed by atoms with Crippen molar-refractivity contribution in [3.8, 4) is 5.88 Å². The van der Waals surface area contributed by atoms with Gasteiger partial charge in [0.05, 0.1) is 5.75 Å². The first-order valence-electron chi connectivity index (χ1n) is 4.26. The molecule has 0 aliphatic rings. The predicted molar refractivity (Wildman–Crippen MR) is 58.5 cm³/mol. The van der Waals surface area contributed by atoms with E-state index in [0.29, 0.717) is 5.56 Å². The van der Waals surface area contributed by atoms with Crippen molar-refractivity contribution in [1.29, 1.82) is 0 Å². The molecule has 0 aromatic carbocycles. The smallest absolute Gasteiger partial charge is 0.266 e. The lowest BCUT2D eigenvalue weighted by atomic mass is 10.3. The molecule has 90 valence electrons. The van der Waals surface area contributed by atoms with Crippen LogP contribution in [-0.2, 0) is 16.7 Å². The Morgan fingerprint density at radius 2 is 2.06 bits per heavy atom. The topological polar surface area (TPSA) is 96.6 Å². The summed E-state index contributed by atoms with van der Waals surface area (Å²) in [6, 6.07) is 1.17. The van der Waals surface area contributed by atoms with Crippen molar-refractivity contribution in [2.45, 2.75) is 13.5 Å². The average Bonchev–Trinajstić information content (AvgIpc) is 2.12. The zero-order valence-electron chi connectivity index (χ0n) is 8.34. The molecule has 0 bridgehead atoms. The monoisotopic (exact) mass is 267 g/mol. The highest BCUT2D eigenvalue weighted by molar-refractivity contribution is 7.85. The largest absolute Gasteiger partial charge is 0.493 e. The van der Waals surface area contributed by atoms with Gasteiger partial charge in [0, 0.05) is 12.6 Å². The lowest BCUT2D eigenvalue weighted by molar-refractivity contribution is 0.408. The number of halogens is 1. The maximum atomic E-state index is 11.4. The second kappa shape index (κ2) is 4.44. The molecule has 0 saturated carbocycles. The van der Waals surface area contributed by atoms with Gasteiger partial charge < -0.3 is 5.11 Å². The van der Waals surface area contributed by atoms with Gasteiger partial charge in [0.2, 0.25) is 5.88 Å². The molecule has 0 amide bonds. The Labute approximate surface area is 96.8 Å². The van der Waals surface area contributed by atoms with E-state index in [1.807, 2.05) is 0 Å². The van der Waals surface area contributed by atoms with Gasteiger partial charge in [-0.1, -0.05) is 11.6 Å².